The zero-order chi connectivity index (χ0) is 22.3. The summed E-state index contributed by atoms with van der Waals surface area (Å²) in [4.78, 5) is 4.26. The molecule has 0 radical (unpaired) electrons. The van der Waals surface area contributed by atoms with Crippen molar-refractivity contribution in [3.05, 3.63) is 69.0 Å². The summed E-state index contributed by atoms with van der Waals surface area (Å²) >= 11 is 40.2. The van der Waals surface area contributed by atoms with E-state index in [2.05, 4.69) is 159 Å². The molecular weight excluding hydrogens is 1080 g/mol. The lowest BCUT2D eigenvalue weighted by Crippen LogP contribution is -1.90. The molecule has 0 unspecified atom stereocenters. The van der Waals surface area contributed by atoms with Gasteiger partial charge in [-0.25, -0.2) is 0 Å². The Morgan fingerprint density at radius 3 is 0.833 bits per heavy atom. The van der Waals surface area contributed by atoms with E-state index in [0.29, 0.717) is 0 Å². The van der Waals surface area contributed by atoms with E-state index in [1.807, 2.05) is 24.3 Å². The van der Waals surface area contributed by atoms with Crippen molar-refractivity contribution in [3.63, 3.8) is 0 Å². The van der Waals surface area contributed by atoms with Gasteiger partial charge in [-0.05, 0) is 152 Å². The van der Waals surface area contributed by atoms with Gasteiger partial charge in [0.25, 0.3) is 0 Å². The summed E-state index contributed by atoms with van der Waals surface area (Å²) in [7, 11) is 0. The van der Waals surface area contributed by atoms with Crippen LogP contribution in [0.3, 0.4) is 0 Å². The van der Waals surface area contributed by atoms with Crippen LogP contribution < -0.4 is 0 Å². The molecule has 0 saturated heterocycles. The Bertz CT molecular complexity index is 997. The summed E-state index contributed by atoms with van der Waals surface area (Å²) in [5.74, 6) is 0. The molecule has 0 N–H and O–H groups in total. The SMILES string of the molecule is Brc1cc(Br)c(Sc2c(Br)c(Br)c(Sc3c(Br)cc(Br)cc3Br)c(Br)c2Br)c(Br)c1. The Hall–Kier alpha value is 3.16. The minimum Gasteiger partial charge on any atom is -0.0853 e. The fourth-order valence-corrected chi connectivity index (χ4v) is 13.1. The van der Waals surface area contributed by atoms with Crippen LogP contribution in [0.2, 0.25) is 0 Å². The van der Waals surface area contributed by atoms with Gasteiger partial charge in [0.05, 0.1) is 0 Å². The Kier molecular flexibility index (Phi) is 11.0. The van der Waals surface area contributed by atoms with Crippen molar-refractivity contribution in [3.8, 4) is 0 Å². The van der Waals surface area contributed by atoms with Gasteiger partial charge < -0.3 is 0 Å². The van der Waals surface area contributed by atoms with Gasteiger partial charge >= 0.3 is 0 Å². The lowest BCUT2D eigenvalue weighted by molar-refractivity contribution is 1.19. The molecule has 12 heteroatoms. The first-order valence-corrected chi connectivity index (χ1v) is 17.1. The third-order valence-corrected chi connectivity index (χ3v) is 15.8. The summed E-state index contributed by atoms with van der Waals surface area (Å²) in [5.41, 5.74) is 0. The average molecular weight is 1080 g/mol. The molecule has 0 nitrogen and oxygen atoms in total. The van der Waals surface area contributed by atoms with Crippen molar-refractivity contribution in [2.24, 2.45) is 0 Å². The van der Waals surface area contributed by atoms with Gasteiger partial charge in [0, 0.05) is 64.3 Å². The maximum atomic E-state index is 3.80. The topological polar surface area (TPSA) is 0 Å². The second-order valence-electron chi connectivity index (χ2n) is 5.52. The third-order valence-electron chi connectivity index (χ3n) is 3.52. The monoisotopic (exact) mass is 1070 g/mol. The summed E-state index contributed by atoms with van der Waals surface area (Å²) in [6, 6.07) is 8.13. The van der Waals surface area contributed by atoms with Gasteiger partial charge in [-0.2, -0.15) is 0 Å². The van der Waals surface area contributed by atoms with Gasteiger partial charge in [0.2, 0.25) is 0 Å². The van der Waals surface area contributed by atoms with Crippen LogP contribution in [0, 0.1) is 0 Å². The van der Waals surface area contributed by atoms with E-state index in [9.17, 15) is 0 Å². The van der Waals surface area contributed by atoms with Gasteiger partial charge in [-0.1, -0.05) is 55.4 Å². The molecule has 0 fully saturated rings. The molecule has 0 aliphatic carbocycles. The molecule has 3 rings (SSSR count). The molecule has 0 spiro atoms. The van der Waals surface area contributed by atoms with Gasteiger partial charge in [0.15, 0.2) is 0 Å². The minimum absolute atomic E-state index is 0.969. The molecule has 3 aromatic carbocycles. The van der Waals surface area contributed by atoms with E-state index < -0.39 is 0 Å². The predicted octanol–water partition coefficient (Wildman–Crippen LogP) is 13.6. The Balaban J connectivity index is 2.09. The third kappa shape index (κ3) is 6.28. The second-order valence-corrected chi connectivity index (χ2v) is 16.0. The first-order chi connectivity index (χ1) is 14.0. The first-order valence-electron chi connectivity index (χ1n) is 7.52. The molecule has 0 saturated carbocycles. The van der Waals surface area contributed by atoms with Gasteiger partial charge in [0.1, 0.15) is 0 Å². The van der Waals surface area contributed by atoms with Crippen LogP contribution in [0.15, 0.2) is 88.6 Å². The molecule has 158 valence electrons. The fraction of sp³-hybridized carbons (Fsp3) is 0. The van der Waals surface area contributed by atoms with Crippen LogP contribution in [0.5, 0.6) is 0 Å². The molecule has 0 atom stereocenters. The summed E-state index contributed by atoms with van der Waals surface area (Å²) < 4.78 is 9.88. The molecule has 0 aliphatic heterocycles. The molecule has 0 aromatic heterocycles. The lowest BCUT2D eigenvalue weighted by Gasteiger charge is -2.18. The van der Waals surface area contributed by atoms with Crippen molar-refractivity contribution in [1.82, 2.24) is 0 Å². The zero-order valence-corrected chi connectivity index (χ0v) is 31.4. The average Bonchev–Trinajstić information content (AvgIpc) is 2.64. The fourth-order valence-electron chi connectivity index (χ4n) is 2.23. The number of benzene rings is 3. The second kappa shape index (κ2) is 11.9. The number of hydrogen-bond donors (Lipinski definition) is 0. The molecule has 30 heavy (non-hydrogen) atoms. The standard InChI is InChI=1S/C18H4Br10S2/c19-5-1-7(21)15(8(22)2-5)29-17-11(25)13(27)18(14(28)12(17)26)30-16-9(23)3-6(20)4-10(16)24/h1-4H. The highest BCUT2D eigenvalue weighted by Gasteiger charge is 2.23. The highest BCUT2D eigenvalue weighted by Crippen LogP contribution is 2.55. The van der Waals surface area contributed by atoms with Gasteiger partial charge in [-0.15, -0.1) is 0 Å². The van der Waals surface area contributed by atoms with Crippen LogP contribution in [-0.2, 0) is 0 Å². The van der Waals surface area contributed by atoms with Crippen molar-refractivity contribution < 1.29 is 0 Å². The highest BCUT2D eigenvalue weighted by atomic mass is 79.9. The maximum Gasteiger partial charge on any atom is 0.0480 e. The predicted molar refractivity (Wildman–Crippen MR) is 165 cm³/mol. The van der Waals surface area contributed by atoms with Crippen molar-refractivity contribution in [2.75, 3.05) is 0 Å². The molecule has 0 bridgehead atoms. The number of halogens is 10. The van der Waals surface area contributed by atoms with E-state index >= 15 is 0 Å². The van der Waals surface area contributed by atoms with E-state index in [0.717, 1.165) is 64.3 Å². The Morgan fingerprint density at radius 1 is 0.367 bits per heavy atom. The summed E-state index contributed by atoms with van der Waals surface area (Å²) in [6.07, 6.45) is 0. The van der Waals surface area contributed by atoms with E-state index in [4.69, 9.17) is 0 Å². The smallest absolute Gasteiger partial charge is 0.0480 e. The first kappa shape index (κ1) is 27.7. The van der Waals surface area contributed by atoms with Crippen LogP contribution in [0.4, 0.5) is 0 Å². The number of rotatable bonds is 4. The van der Waals surface area contributed by atoms with Crippen molar-refractivity contribution in [2.45, 2.75) is 19.6 Å². The van der Waals surface area contributed by atoms with Crippen LogP contribution in [0.25, 0.3) is 0 Å². The lowest BCUT2D eigenvalue weighted by atomic mass is 10.3. The van der Waals surface area contributed by atoms with Crippen molar-refractivity contribution >= 4 is 183 Å². The van der Waals surface area contributed by atoms with E-state index in [1.165, 1.54) is 0 Å². The summed E-state index contributed by atoms with van der Waals surface area (Å²) in [6.45, 7) is 0. The Labute approximate surface area is 266 Å². The molecule has 3 aromatic rings. The minimum atomic E-state index is 0.969. The maximum absolute atomic E-state index is 3.80. The highest BCUT2D eigenvalue weighted by molar-refractivity contribution is 9.14. The van der Waals surface area contributed by atoms with Crippen LogP contribution in [-0.4, -0.2) is 0 Å². The number of hydrogen-bond acceptors (Lipinski definition) is 2. The van der Waals surface area contributed by atoms with Crippen molar-refractivity contribution in [1.29, 1.82) is 0 Å². The molecule has 0 aliphatic rings. The van der Waals surface area contributed by atoms with Crippen LogP contribution in [0.1, 0.15) is 0 Å². The van der Waals surface area contributed by atoms with Crippen LogP contribution >= 0.6 is 183 Å². The normalized spacial score (nSPS) is 11.3. The van der Waals surface area contributed by atoms with Gasteiger partial charge in [-0.3, -0.25) is 0 Å². The molecule has 0 heterocycles. The zero-order valence-electron chi connectivity index (χ0n) is 13.9. The quantitative estimate of drug-likeness (QED) is 0.239. The van der Waals surface area contributed by atoms with E-state index in [1.54, 1.807) is 23.5 Å². The summed E-state index contributed by atoms with van der Waals surface area (Å²) in [5, 5.41) is 0. The van der Waals surface area contributed by atoms with E-state index in [-0.39, 0.29) is 0 Å². The largest absolute Gasteiger partial charge is 0.0853 e. The molecular formula is C18H4Br10S2. The molecule has 0 amide bonds. The Morgan fingerprint density at radius 2 is 0.600 bits per heavy atom.